The van der Waals surface area contributed by atoms with Crippen LogP contribution in [0.25, 0.3) is 10.9 Å². The van der Waals surface area contributed by atoms with Crippen LogP contribution in [0, 0.1) is 0 Å². The summed E-state index contributed by atoms with van der Waals surface area (Å²) >= 11 is 0. The summed E-state index contributed by atoms with van der Waals surface area (Å²) in [5, 5.41) is 0.889. The molecule has 0 unspecified atom stereocenters. The molecule has 1 aromatic heterocycles. The molecule has 160 valence electrons. The van der Waals surface area contributed by atoms with Gasteiger partial charge in [0.1, 0.15) is 6.10 Å². The van der Waals surface area contributed by atoms with E-state index in [4.69, 9.17) is 14.5 Å². The molecule has 0 saturated carbocycles. The summed E-state index contributed by atoms with van der Waals surface area (Å²) in [6, 6.07) is 20.3. The largest absolute Gasteiger partial charge is 0.378 e. The van der Waals surface area contributed by atoms with E-state index in [2.05, 4.69) is 29.2 Å². The fraction of sp³-hybridized carbons (Fsp3) is 0.360. The number of para-hydroxylation sites is 1. The number of amides is 1. The number of carbonyl (C=O) groups excluding carboxylic acids is 1. The number of morpholine rings is 2. The third kappa shape index (κ3) is 4.46. The van der Waals surface area contributed by atoms with Gasteiger partial charge >= 0.3 is 0 Å². The first-order chi connectivity index (χ1) is 15.3. The van der Waals surface area contributed by atoms with E-state index in [9.17, 15) is 4.79 Å². The molecule has 0 bridgehead atoms. The van der Waals surface area contributed by atoms with Crippen LogP contribution in [0.4, 0.5) is 0 Å². The molecular weight excluding hydrogens is 390 g/mol. The van der Waals surface area contributed by atoms with Crippen LogP contribution >= 0.6 is 0 Å². The molecule has 6 heteroatoms. The molecule has 2 fully saturated rings. The first kappa shape index (κ1) is 20.1. The smallest absolute Gasteiger partial charge is 0.254 e. The molecule has 1 amide bonds. The molecule has 6 nitrogen and oxygen atoms in total. The topological polar surface area (TPSA) is 54.9 Å². The fourth-order valence-electron chi connectivity index (χ4n) is 4.34. The van der Waals surface area contributed by atoms with Gasteiger partial charge in [0.15, 0.2) is 0 Å². The summed E-state index contributed by atoms with van der Waals surface area (Å²) in [7, 11) is 0. The predicted octanol–water partition coefficient (Wildman–Crippen LogP) is 3.28. The molecule has 2 aliphatic heterocycles. The molecule has 5 rings (SSSR count). The number of aromatic nitrogens is 1. The Morgan fingerprint density at radius 1 is 0.968 bits per heavy atom. The number of nitrogens with zero attached hydrogens (tertiary/aromatic N) is 3. The minimum atomic E-state index is -0.154. The molecular formula is C25H27N3O3. The van der Waals surface area contributed by atoms with Gasteiger partial charge in [-0.3, -0.25) is 9.69 Å². The van der Waals surface area contributed by atoms with Gasteiger partial charge in [0, 0.05) is 38.1 Å². The van der Waals surface area contributed by atoms with E-state index in [0.717, 1.165) is 36.2 Å². The molecule has 2 aliphatic rings. The Morgan fingerprint density at radius 3 is 2.58 bits per heavy atom. The fourth-order valence-corrected chi connectivity index (χ4v) is 4.34. The number of rotatable bonds is 4. The standard InChI is InChI=1S/C25H27N3O3/c29-25(28-11-13-30-14-12-28)21-16-23(26-22-9-5-4-8-20(21)22)24-18-27(10-15-31-24)17-19-6-2-1-3-7-19/h1-9,16,24H,10-15,17-18H2/t24-/m0/s1. The quantitative estimate of drug-likeness (QED) is 0.652. The molecule has 31 heavy (non-hydrogen) atoms. The van der Waals surface area contributed by atoms with Crippen LogP contribution in [0.5, 0.6) is 0 Å². The van der Waals surface area contributed by atoms with E-state index in [0.29, 0.717) is 38.5 Å². The second-order valence-electron chi connectivity index (χ2n) is 8.10. The van der Waals surface area contributed by atoms with E-state index >= 15 is 0 Å². The van der Waals surface area contributed by atoms with E-state index < -0.39 is 0 Å². The van der Waals surface area contributed by atoms with E-state index in [-0.39, 0.29) is 12.0 Å². The Labute approximate surface area is 182 Å². The first-order valence-corrected chi connectivity index (χ1v) is 10.9. The zero-order valence-electron chi connectivity index (χ0n) is 17.6. The molecule has 0 aliphatic carbocycles. The Kier molecular flexibility index (Phi) is 5.93. The average Bonchev–Trinajstić information content (AvgIpc) is 2.84. The van der Waals surface area contributed by atoms with E-state index in [1.165, 1.54) is 5.56 Å². The van der Waals surface area contributed by atoms with E-state index in [1.807, 2.05) is 41.3 Å². The maximum atomic E-state index is 13.3. The predicted molar refractivity (Wildman–Crippen MR) is 119 cm³/mol. The zero-order valence-corrected chi connectivity index (χ0v) is 17.6. The maximum Gasteiger partial charge on any atom is 0.254 e. The van der Waals surface area contributed by atoms with E-state index in [1.54, 1.807) is 0 Å². The summed E-state index contributed by atoms with van der Waals surface area (Å²) < 4.78 is 11.5. The average molecular weight is 418 g/mol. The van der Waals surface area contributed by atoms with Gasteiger partial charge in [0.2, 0.25) is 0 Å². The summed E-state index contributed by atoms with van der Waals surface area (Å²) in [4.78, 5) is 22.5. The van der Waals surface area contributed by atoms with Gasteiger partial charge in [-0.1, -0.05) is 48.5 Å². The third-order valence-electron chi connectivity index (χ3n) is 5.99. The lowest BCUT2D eigenvalue weighted by Gasteiger charge is -2.33. The molecule has 3 aromatic rings. The van der Waals surface area contributed by atoms with Gasteiger partial charge < -0.3 is 14.4 Å². The number of ether oxygens (including phenoxy) is 2. The second kappa shape index (κ2) is 9.14. The van der Waals surface area contributed by atoms with Crippen LogP contribution in [0.15, 0.2) is 60.7 Å². The normalized spacial score (nSPS) is 20.1. The number of hydrogen-bond acceptors (Lipinski definition) is 5. The molecule has 1 atom stereocenters. The summed E-state index contributed by atoms with van der Waals surface area (Å²) in [6.45, 7) is 5.59. The number of fused-ring (bicyclic) bond motifs is 1. The number of benzene rings is 2. The molecule has 0 spiro atoms. The highest BCUT2D eigenvalue weighted by Gasteiger charge is 2.27. The molecule has 2 saturated heterocycles. The van der Waals surface area contributed by atoms with Crippen LogP contribution < -0.4 is 0 Å². The third-order valence-corrected chi connectivity index (χ3v) is 5.99. The van der Waals surface area contributed by atoms with Crippen LogP contribution in [-0.4, -0.2) is 66.7 Å². The molecule has 3 heterocycles. The lowest BCUT2D eigenvalue weighted by atomic mass is 10.0. The van der Waals surface area contributed by atoms with Crippen molar-refractivity contribution in [1.29, 1.82) is 0 Å². The van der Waals surface area contributed by atoms with Crippen LogP contribution in [0.1, 0.15) is 27.7 Å². The van der Waals surface area contributed by atoms with Gasteiger partial charge in [0.05, 0.1) is 36.6 Å². The van der Waals surface area contributed by atoms with Crippen molar-refractivity contribution in [1.82, 2.24) is 14.8 Å². The number of carbonyl (C=O) groups is 1. The Morgan fingerprint density at radius 2 is 1.74 bits per heavy atom. The Hall–Kier alpha value is -2.80. The lowest BCUT2D eigenvalue weighted by Crippen LogP contribution is -2.41. The Bertz CT molecular complexity index is 1050. The molecule has 0 N–H and O–H groups in total. The van der Waals surface area contributed by atoms with Crippen molar-refractivity contribution in [2.45, 2.75) is 12.6 Å². The summed E-state index contributed by atoms with van der Waals surface area (Å²) in [5.74, 6) is 0.0418. The Balaban J connectivity index is 1.43. The minimum Gasteiger partial charge on any atom is -0.378 e. The summed E-state index contributed by atoms with van der Waals surface area (Å²) in [6.07, 6.45) is -0.154. The van der Waals surface area contributed by atoms with Crippen LogP contribution in [-0.2, 0) is 16.0 Å². The lowest BCUT2D eigenvalue weighted by molar-refractivity contribution is -0.0348. The maximum absolute atomic E-state index is 13.3. The van der Waals surface area contributed by atoms with Crippen molar-refractivity contribution in [3.63, 3.8) is 0 Å². The van der Waals surface area contributed by atoms with Crippen molar-refractivity contribution in [3.8, 4) is 0 Å². The van der Waals surface area contributed by atoms with Gasteiger partial charge in [-0.05, 0) is 17.7 Å². The SMILES string of the molecule is O=C(c1cc([C@@H]2CN(Cc3ccccc3)CCO2)nc2ccccc12)N1CCOCC1. The van der Waals surface area contributed by atoms with Gasteiger partial charge in [-0.2, -0.15) is 0 Å². The van der Waals surface area contributed by atoms with Gasteiger partial charge in [0.25, 0.3) is 5.91 Å². The number of pyridine rings is 1. The summed E-state index contributed by atoms with van der Waals surface area (Å²) in [5.41, 5.74) is 3.65. The highest BCUT2D eigenvalue weighted by molar-refractivity contribution is 6.06. The van der Waals surface area contributed by atoms with Crippen molar-refractivity contribution in [2.24, 2.45) is 0 Å². The van der Waals surface area contributed by atoms with Crippen molar-refractivity contribution in [2.75, 3.05) is 46.0 Å². The number of hydrogen-bond donors (Lipinski definition) is 0. The zero-order chi connectivity index (χ0) is 21.0. The van der Waals surface area contributed by atoms with Crippen molar-refractivity contribution in [3.05, 3.63) is 77.5 Å². The highest BCUT2D eigenvalue weighted by atomic mass is 16.5. The second-order valence-corrected chi connectivity index (χ2v) is 8.10. The van der Waals surface area contributed by atoms with Gasteiger partial charge in [-0.15, -0.1) is 0 Å². The van der Waals surface area contributed by atoms with Crippen molar-refractivity contribution < 1.29 is 14.3 Å². The van der Waals surface area contributed by atoms with Crippen LogP contribution in [0.3, 0.4) is 0 Å². The van der Waals surface area contributed by atoms with Crippen LogP contribution in [0.2, 0.25) is 0 Å². The first-order valence-electron chi connectivity index (χ1n) is 10.9. The highest BCUT2D eigenvalue weighted by Crippen LogP contribution is 2.27. The van der Waals surface area contributed by atoms with Gasteiger partial charge in [-0.25, -0.2) is 4.98 Å². The van der Waals surface area contributed by atoms with Crippen molar-refractivity contribution >= 4 is 16.8 Å². The molecule has 0 radical (unpaired) electrons. The molecule has 2 aromatic carbocycles. The monoisotopic (exact) mass is 417 g/mol. The minimum absolute atomic E-state index is 0.0418.